The Hall–Kier alpha value is -1.71. The lowest BCUT2D eigenvalue weighted by Gasteiger charge is -2.15. The van der Waals surface area contributed by atoms with Gasteiger partial charge in [0.1, 0.15) is 5.75 Å². The summed E-state index contributed by atoms with van der Waals surface area (Å²) in [6, 6.07) is 11.5. The first-order valence-electron chi connectivity index (χ1n) is 6.86. The predicted molar refractivity (Wildman–Crippen MR) is 86.6 cm³/mol. The first kappa shape index (κ1) is 15.7. The molecule has 0 fully saturated rings. The van der Waals surface area contributed by atoms with Gasteiger partial charge >= 0.3 is 0 Å². The van der Waals surface area contributed by atoms with Gasteiger partial charge in [0.15, 0.2) is 11.5 Å². The van der Waals surface area contributed by atoms with Crippen LogP contribution in [0.25, 0.3) is 0 Å². The van der Waals surface area contributed by atoms with E-state index in [9.17, 15) is 0 Å². The van der Waals surface area contributed by atoms with Crippen LogP contribution in [0.3, 0.4) is 0 Å². The number of ether oxygens (including phenoxy) is 2. The third-order valence-corrected chi connectivity index (χ3v) is 3.35. The first-order chi connectivity index (χ1) is 9.99. The molecule has 2 rings (SSSR count). The molecule has 2 aromatic rings. The lowest BCUT2D eigenvalue weighted by atomic mass is 10.1. The summed E-state index contributed by atoms with van der Waals surface area (Å²) in [5.41, 5.74) is 8.02. The van der Waals surface area contributed by atoms with Crippen molar-refractivity contribution in [3.8, 4) is 17.2 Å². The van der Waals surface area contributed by atoms with Gasteiger partial charge in [0.05, 0.1) is 7.11 Å². The molecule has 0 aliphatic rings. The first-order valence-corrected chi connectivity index (χ1v) is 7.24. The summed E-state index contributed by atoms with van der Waals surface area (Å²) in [5.74, 6) is 2.07. The minimum absolute atomic E-state index is 0.0495. The van der Waals surface area contributed by atoms with E-state index in [1.807, 2.05) is 44.2 Å². The number of hydrogen-bond donors (Lipinski definition) is 1. The lowest BCUT2D eigenvalue weighted by Crippen LogP contribution is -2.18. The SMILES string of the molecule is COc1cc(C)ccc1Oc1cc(Cl)ccc1CC(C)N. The van der Waals surface area contributed by atoms with E-state index in [0.29, 0.717) is 22.3 Å². The average molecular weight is 306 g/mol. The second-order valence-electron chi connectivity index (χ2n) is 5.19. The fourth-order valence-corrected chi connectivity index (χ4v) is 2.28. The minimum Gasteiger partial charge on any atom is -0.493 e. The third-order valence-electron chi connectivity index (χ3n) is 3.11. The van der Waals surface area contributed by atoms with E-state index in [1.54, 1.807) is 13.2 Å². The van der Waals surface area contributed by atoms with Crippen molar-refractivity contribution < 1.29 is 9.47 Å². The molecule has 0 heterocycles. The van der Waals surface area contributed by atoms with Crippen LogP contribution in [0.2, 0.25) is 5.02 Å². The van der Waals surface area contributed by atoms with Gasteiger partial charge < -0.3 is 15.2 Å². The number of aryl methyl sites for hydroxylation is 1. The van der Waals surface area contributed by atoms with Crippen LogP contribution in [0.5, 0.6) is 17.2 Å². The molecule has 0 saturated heterocycles. The zero-order valence-corrected chi connectivity index (χ0v) is 13.3. The van der Waals surface area contributed by atoms with Gasteiger partial charge in [0.2, 0.25) is 0 Å². The fourth-order valence-electron chi connectivity index (χ4n) is 2.12. The molecule has 3 nitrogen and oxygen atoms in total. The number of nitrogens with two attached hydrogens (primary N) is 1. The van der Waals surface area contributed by atoms with Crippen molar-refractivity contribution in [1.29, 1.82) is 0 Å². The zero-order chi connectivity index (χ0) is 15.4. The summed E-state index contributed by atoms with van der Waals surface area (Å²) in [6.45, 7) is 3.97. The van der Waals surface area contributed by atoms with E-state index in [0.717, 1.165) is 17.5 Å². The summed E-state index contributed by atoms with van der Waals surface area (Å²) in [4.78, 5) is 0. The Morgan fingerprint density at radius 2 is 1.86 bits per heavy atom. The van der Waals surface area contributed by atoms with Gasteiger partial charge in [-0.3, -0.25) is 0 Å². The van der Waals surface area contributed by atoms with E-state index in [2.05, 4.69) is 0 Å². The lowest BCUT2D eigenvalue weighted by molar-refractivity contribution is 0.377. The van der Waals surface area contributed by atoms with Crippen molar-refractivity contribution in [3.05, 3.63) is 52.5 Å². The number of benzene rings is 2. The van der Waals surface area contributed by atoms with Gasteiger partial charge in [-0.25, -0.2) is 0 Å². The molecule has 0 radical (unpaired) electrons. The molecule has 0 amide bonds. The maximum absolute atomic E-state index is 6.08. The smallest absolute Gasteiger partial charge is 0.169 e. The molecular weight excluding hydrogens is 286 g/mol. The van der Waals surface area contributed by atoms with E-state index in [4.69, 9.17) is 26.8 Å². The highest BCUT2D eigenvalue weighted by molar-refractivity contribution is 6.30. The standard InChI is InChI=1S/C17H20ClNO2/c1-11-4-7-15(17(8-11)20-3)21-16-10-14(18)6-5-13(16)9-12(2)19/h4-8,10,12H,9,19H2,1-3H3. The number of halogens is 1. The summed E-state index contributed by atoms with van der Waals surface area (Å²) in [7, 11) is 1.63. The Labute approximate surface area is 130 Å². The topological polar surface area (TPSA) is 44.5 Å². The van der Waals surface area contributed by atoms with Gasteiger partial charge in [-0.15, -0.1) is 0 Å². The second kappa shape index (κ2) is 6.83. The van der Waals surface area contributed by atoms with Crippen molar-refractivity contribution in [2.75, 3.05) is 7.11 Å². The van der Waals surface area contributed by atoms with Gasteiger partial charge in [-0.1, -0.05) is 23.7 Å². The molecule has 2 N–H and O–H groups in total. The molecule has 0 aliphatic heterocycles. The van der Waals surface area contributed by atoms with Gasteiger partial charge in [-0.2, -0.15) is 0 Å². The van der Waals surface area contributed by atoms with Gasteiger partial charge in [-0.05, 0) is 55.7 Å². The predicted octanol–water partition coefficient (Wildman–Crippen LogP) is 4.34. The Morgan fingerprint density at radius 3 is 2.52 bits per heavy atom. The van der Waals surface area contributed by atoms with Crippen molar-refractivity contribution in [1.82, 2.24) is 0 Å². The van der Waals surface area contributed by atoms with Crippen LogP contribution >= 0.6 is 11.6 Å². The number of rotatable bonds is 5. The largest absolute Gasteiger partial charge is 0.493 e. The Bertz CT molecular complexity index is 626. The van der Waals surface area contributed by atoms with Crippen LogP contribution in [0.1, 0.15) is 18.1 Å². The van der Waals surface area contributed by atoms with E-state index in [1.165, 1.54) is 0 Å². The maximum Gasteiger partial charge on any atom is 0.169 e. The Balaban J connectivity index is 2.36. The van der Waals surface area contributed by atoms with Crippen LogP contribution in [-0.2, 0) is 6.42 Å². The second-order valence-corrected chi connectivity index (χ2v) is 5.63. The van der Waals surface area contributed by atoms with E-state index >= 15 is 0 Å². The van der Waals surface area contributed by atoms with E-state index in [-0.39, 0.29) is 6.04 Å². The summed E-state index contributed by atoms with van der Waals surface area (Å²) >= 11 is 6.08. The number of hydrogen-bond acceptors (Lipinski definition) is 3. The number of methoxy groups -OCH3 is 1. The van der Waals surface area contributed by atoms with Crippen molar-refractivity contribution in [3.63, 3.8) is 0 Å². The zero-order valence-electron chi connectivity index (χ0n) is 12.5. The highest BCUT2D eigenvalue weighted by atomic mass is 35.5. The molecule has 0 spiro atoms. The van der Waals surface area contributed by atoms with Crippen LogP contribution in [0.4, 0.5) is 0 Å². The molecular formula is C17H20ClNO2. The highest BCUT2D eigenvalue weighted by Gasteiger charge is 2.11. The molecule has 0 saturated carbocycles. The van der Waals surface area contributed by atoms with E-state index < -0.39 is 0 Å². The Morgan fingerprint density at radius 1 is 1.10 bits per heavy atom. The molecule has 1 unspecified atom stereocenters. The Kier molecular flexibility index (Phi) is 5.10. The quantitative estimate of drug-likeness (QED) is 0.893. The van der Waals surface area contributed by atoms with Crippen LogP contribution in [-0.4, -0.2) is 13.2 Å². The molecule has 0 aliphatic carbocycles. The highest BCUT2D eigenvalue weighted by Crippen LogP contribution is 2.35. The third kappa shape index (κ3) is 4.13. The van der Waals surface area contributed by atoms with Crippen LogP contribution < -0.4 is 15.2 Å². The summed E-state index contributed by atoms with van der Waals surface area (Å²) in [6.07, 6.45) is 0.723. The molecule has 4 heteroatoms. The molecule has 0 bridgehead atoms. The molecule has 1 atom stereocenters. The van der Waals surface area contributed by atoms with Crippen LogP contribution in [0.15, 0.2) is 36.4 Å². The summed E-state index contributed by atoms with van der Waals surface area (Å²) in [5, 5.41) is 0.629. The molecule has 112 valence electrons. The van der Waals surface area contributed by atoms with Crippen molar-refractivity contribution in [2.24, 2.45) is 5.73 Å². The monoisotopic (exact) mass is 305 g/mol. The van der Waals surface area contributed by atoms with Gasteiger partial charge in [0, 0.05) is 11.1 Å². The average Bonchev–Trinajstić information content (AvgIpc) is 2.43. The van der Waals surface area contributed by atoms with Crippen molar-refractivity contribution in [2.45, 2.75) is 26.3 Å². The molecule has 21 heavy (non-hydrogen) atoms. The van der Waals surface area contributed by atoms with Gasteiger partial charge in [0.25, 0.3) is 0 Å². The maximum atomic E-state index is 6.08. The molecule has 0 aromatic heterocycles. The normalized spacial score (nSPS) is 12.0. The van der Waals surface area contributed by atoms with Crippen LogP contribution in [0, 0.1) is 6.92 Å². The summed E-state index contributed by atoms with van der Waals surface area (Å²) < 4.78 is 11.4. The molecule has 2 aromatic carbocycles. The van der Waals surface area contributed by atoms with Crippen molar-refractivity contribution >= 4 is 11.6 Å². The minimum atomic E-state index is 0.0495. The fraction of sp³-hybridized carbons (Fsp3) is 0.294.